The molecule has 0 N–H and O–H groups in total. The van der Waals surface area contributed by atoms with Crippen LogP contribution in [0.15, 0.2) is 79.0 Å². The minimum atomic E-state index is -1.38. The second-order valence-corrected chi connectivity index (χ2v) is 8.07. The molecule has 4 rings (SSSR count). The number of amides is 1. The molecule has 0 fully saturated rings. The lowest BCUT2D eigenvalue weighted by atomic mass is 9.71. The maximum Gasteiger partial charge on any atom is 0.338 e. The fourth-order valence-electron chi connectivity index (χ4n) is 4.61. The van der Waals surface area contributed by atoms with Gasteiger partial charge >= 0.3 is 5.97 Å². The van der Waals surface area contributed by atoms with E-state index in [0.29, 0.717) is 22.3 Å². The normalized spacial score (nSPS) is 17.6. The van der Waals surface area contributed by atoms with Gasteiger partial charge < -0.3 is 4.74 Å². The molecule has 3 aromatic carbocycles. The smallest absolute Gasteiger partial charge is 0.338 e. The van der Waals surface area contributed by atoms with Gasteiger partial charge in [-0.05, 0) is 41.8 Å². The van der Waals surface area contributed by atoms with Gasteiger partial charge in [0.25, 0.3) is 5.91 Å². The van der Waals surface area contributed by atoms with E-state index in [9.17, 15) is 14.9 Å². The summed E-state index contributed by atoms with van der Waals surface area (Å²) in [4.78, 5) is 27.9. The minimum Gasteiger partial charge on any atom is -0.465 e. The number of ether oxygens (including phenoxy) is 1. The van der Waals surface area contributed by atoms with Gasteiger partial charge in [-0.15, -0.1) is 0 Å². The molecule has 1 amide bonds. The van der Waals surface area contributed by atoms with Crippen molar-refractivity contribution >= 4 is 18.0 Å². The molecular formula is C28H24N2O3. The Kier molecular flexibility index (Phi) is 5.85. The van der Waals surface area contributed by atoms with E-state index in [1.165, 1.54) is 12.0 Å². The van der Waals surface area contributed by atoms with Gasteiger partial charge in [-0.25, -0.2) is 4.79 Å². The summed E-state index contributed by atoms with van der Waals surface area (Å²) in [5.74, 6) is -1.30. The highest BCUT2D eigenvalue weighted by Crippen LogP contribution is 2.47. The number of hydrogen-bond donors (Lipinski definition) is 0. The van der Waals surface area contributed by atoms with Crippen molar-refractivity contribution in [2.75, 3.05) is 7.11 Å². The lowest BCUT2D eigenvalue weighted by Crippen LogP contribution is -2.51. The third kappa shape index (κ3) is 3.50. The molecule has 1 heterocycles. The van der Waals surface area contributed by atoms with Crippen molar-refractivity contribution in [1.82, 2.24) is 4.90 Å². The minimum absolute atomic E-state index is 0.275. The zero-order chi connectivity index (χ0) is 23.6. The van der Waals surface area contributed by atoms with Crippen molar-refractivity contribution in [3.8, 4) is 6.07 Å². The lowest BCUT2D eigenvalue weighted by Gasteiger charge is -2.44. The van der Waals surface area contributed by atoms with Crippen LogP contribution in [0.5, 0.6) is 0 Å². The largest absolute Gasteiger partial charge is 0.465 e. The highest BCUT2D eigenvalue weighted by molar-refractivity contribution is 5.98. The summed E-state index contributed by atoms with van der Waals surface area (Å²) < 4.78 is 4.99. The van der Waals surface area contributed by atoms with Crippen molar-refractivity contribution in [2.24, 2.45) is 0 Å². The predicted molar refractivity (Wildman–Crippen MR) is 126 cm³/mol. The van der Waals surface area contributed by atoms with Crippen LogP contribution in [0.3, 0.4) is 0 Å². The maximum absolute atomic E-state index is 13.8. The van der Waals surface area contributed by atoms with Gasteiger partial charge in [0, 0.05) is 23.2 Å². The van der Waals surface area contributed by atoms with E-state index in [0.717, 1.165) is 11.1 Å². The van der Waals surface area contributed by atoms with Crippen LogP contribution in [0.2, 0.25) is 0 Å². The number of methoxy groups -OCH3 is 1. The topological polar surface area (TPSA) is 70.4 Å². The first-order chi connectivity index (χ1) is 16.0. The van der Waals surface area contributed by atoms with Gasteiger partial charge in [0.2, 0.25) is 0 Å². The number of benzene rings is 3. The average molecular weight is 437 g/mol. The van der Waals surface area contributed by atoms with E-state index in [1.54, 1.807) is 24.4 Å². The second kappa shape index (κ2) is 8.76. The van der Waals surface area contributed by atoms with Crippen LogP contribution in [0, 0.1) is 18.3 Å². The number of fused-ring (bicyclic) bond motifs is 1. The summed E-state index contributed by atoms with van der Waals surface area (Å²) in [6.07, 6.45) is 3.53. The number of esters is 1. The zero-order valence-electron chi connectivity index (χ0n) is 18.8. The molecule has 0 saturated heterocycles. The number of aryl methyl sites for hydroxylation is 1. The van der Waals surface area contributed by atoms with Gasteiger partial charge in [0.05, 0.1) is 18.7 Å². The number of carbonyl (C=O) groups is 2. The quantitative estimate of drug-likeness (QED) is 0.511. The van der Waals surface area contributed by atoms with E-state index in [1.807, 2.05) is 74.5 Å². The summed E-state index contributed by atoms with van der Waals surface area (Å²) in [5.41, 5.74) is 2.55. The van der Waals surface area contributed by atoms with Gasteiger partial charge in [-0.1, -0.05) is 67.6 Å². The Balaban J connectivity index is 1.97. The Bertz CT molecular complexity index is 1300. The van der Waals surface area contributed by atoms with Crippen molar-refractivity contribution in [2.45, 2.75) is 25.3 Å². The van der Waals surface area contributed by atoms with Crippen LogP contribution in [0.4, 0.5) is 0 Å². The van der Waals surface area contributed by atoms with Crippen LogP contribution in [0.1, 0.15) is 55.8 Å². The summed E-state index contributed by atoms with van der Waals surface area (Å²) in [6, 6.07) is 24.4. The summed E-state index contributed by atoms with van der Waals surface area (Å²) in [6.45, 7) is 3.75. The van der Waals surface area contributed by atoms with E-state index >= 15 is 0 Å². The lowest BCUT2D eigenvalue weighted by molar-refractivity contribution is 0.0596. The second-order valence-electron chi connectivity index (χ2n) is 8.07. The average Bonchev–Trinajstić information content (AvgIpc) is 2.87. The van der Waals surface area contributed by atoms with Crippen LogP contribution in [-0.4, -0.2) is 23.9 Å². The Labute approximate surface area is 193 Å². The molecule has 0 radical (unpaired) electrons. The van der Waals surface area contributed by atoms with Crippen molar-refractivity contribution < 1.29 is 14.3 Å². The monoisotopic (exact) mass is 436 g/mol. The molecule has 0 bridgehead atoms. The first-order valence-electron chi connectivity index (χ1n) is 10.7. The fraction of sp³-hybridized carbons (Fsp3) is 0.179. The van der Waals surface area contributed by atoms with E-state index < -0.39 is 17.4 Å². The number of carbonyl (C=O) groups excluding carboxylic acids is 2. The third-order valence-electron chi connectivity index (χ3n) is 6.38. The van der Waals surface area contributed by atoms with Crippen LogP contribution < -0.4 is 0 Å². The molecule has 3 aromatic rings. The highest BCUT2D eigenvalue weighted by Gasteiger charge is 2.50. The molecule has 1 aliphatic heterocycles. The van der Waals surface area contributed by atoms with Crippen molar-refractivity contribution in [3.63, 3.8) is 0 Å². The fourth-order valence-corrected chi connectivity index (χ4v) is 4.61. The number of hydrogen-bond acceptors (Lipinski definition) is 4. The molecule has 0 saturated carbocycles. The van der Waals surface area contributed by atoms with Gasteiger partial charge in [0.15, 0.2) is 5.54 Å². The summed E-state index contributed by atoms with van der Waals surface area (Å²) in [7, 11) is 1.33. The predicted octanol–water partition coefficient (Wildman–Crippen LogP) is 5.43. The molecule has 33 heavy (non-hydrogen) atoms. The molecule has 0 spiro atoms. The molecule has 2 atom stereocenters. The molecule has 164 valence electrons. The van der Waals surface area contributed by atoms with E-state index in [2.05, 4.69) is 6.07 Å². The van der Waals surface area contributed by atoms with Crippen LogP contribution >= 0.6 is 0 Å². The molecule has 0 aliphatic carbocycles. The van der Waals surface area contributed by atoms with E-state index in [-0.39, 0.29) is 5.91 Å². The standard InChI is InChI=1S/C28H24N2O3/c1-19-10-4-6-12-22(19)26(31)30-17-16-21-11-5-9-15-25(21)28(30,18-29)20(2)23-13-7-8-14-24(23)27(32)33-3/h4-17,20H,1-3H3. The highest BCUT2D eigenvalue weighted by atomic mass is 16.5. The Morgan fingerprint density at radius 1 is 0.970 bits per heavy atom. The molecule has 5 heteroatoms. The van der Waals surface area contributed by atoms with Crippen molar-refractivity contribution in [3.05, 3.63) is 112 Å². The number of nitriles is 1. The molecular weight excluding hydrogens is 412 g/mol. The molecule has 5 nitrogen and oxygen atoms in total. The Morgan fingerprint density at radius 2 is 1.61 bits per heavy atom. The zero-order valence-corrected chi connectivity index (χ0v) is 18.8. The van der Waals surface area contributed by atoms with Crippen molar-refractivity contribution in [1.29, 1.82) is 5.26 Å². The van der Waals surface area contributed by atoms with Crippen LogP contribution in [0.25, 0.3) is 6.08 Å². The summed E-state index contributed by atoms with van der Waals surface area (Å²) in [5, 5.41) is 10.7. The van der Waals surface area contributed by atoms with Gasteiger partial charge in [-0.3, -0.25) is 9.69 Å². The molecule has 1 aliphatic rings. The molecule has 0 aromatic heterocycles. The first-order valence-corrected chi connectivity index (χ1v) is 10.7. The number of rotatable bonds is 4. The van der Waals surface area contributed by atoms with Crippen LogP contribution in [-0.2, 0) is 10.3 Å². The SMILES string of the molecule is COC(=O)c1ccccc1C(C)C1(C#N)c2ccccc2C=CN1C(=O)c1ccccc1C. The maximum atomic E-state index is 13.8. The van der Waals surface area contributed by atoms with E-state index in [4.69, 9.17) is 4.74 Å². The number of nitrogens with zero attached hydrogens (tertiary/aromatic N) is 2. The summed E-state index contributed by atoms with van der Waals surface area (Å²) >= 11 is 0. The van der Waals surface area contributed by atoms with Gasteiger partial charge in [0.1, 0.15) is 0 Å². The third-order valence-corrected chi connectivity index (χ3v) is 6.38. The molecule has 2 unspecified atom stereocenters. The Morgan fingerprint density at radius 3 is 2.30 bits per heavy atom. The van der Waals surface area contributed by atoms with Gasteiger partial charge in [-0.2, -0.15) is 5.26 Å². The Hall–Kier alpha value is -4.17. The first kappa shape index (κ1) is 22.0.